The number of carbonyl (C=O) groups is 2. The van der Waals surface area contributed by atoms with Gasteiger partial charge in [0.25, 0.3) is 5.91 Å². The Morgan fingerprint density at radius 3 is 2.62 bits per heavy atom. The Bertz CT molecular complexity index is 1290. The highest BCUT2D eigenvalue weighted by molar-refractivity contribution is 7.22. The maximum absolute atomic E-state index is 13.0. The number of hydrogen-bond donors (Lipinski definition) is 2. The number of rotatable bonds is 5. The van der Waals surface area contributed by atoms with Gasteiger partial charge in [0.05, 0.1) is 27.2 Å². The van der Waals surface area contributed by atoms with E-state index in [1.165, 1.54) is 41.7 Å². The molecule has 2 aromatic carbocycles. The molecule has 1 atom stereocenters. The molecule has 4 rings (SSSR count). The average Bonchev–Trinajstić information content (AvgIpc) is 3.42. The first-order chi connectivity index (χ1) is 15.2. The summed E-state index contributed by atoms with van der Waals surface area (Å²) < 4.78 is 39.6. The lowest BCUT2D eigenvalue weighted by molar-refractivity contribution is -0.137. The van der Waals surface area contributed by atoms with Crippen LogP contribution >= 0.6 is 22.7 Å². The van der Waals surface area contributed by atoms with Gasteiger partial charge in [-0.3, -0.25) is 9.59 Å². The van der Waals surface area contributed by atoms with E-state index in [1.807, 2.05) is 0 Å². The van der Waals surface area contributed by atoms with Crippen LogP contribution in [-0.4, -0.2) is 21.8 Å². The van der Waals surface area contributed by atoms with Gasteiger partial charge in [0.1, 0.15) is 5.69 Å². The number of carbonyl (C=O) groups excluding carboxylic acids is 2. The van der Waals surface area contributed by atoms with Crippen LogP contribution in [0, 0.1) is 0 Å². The summed E-state index contributed by atoms with van der Waals surface area (Å²) in [4.78, 5) is 33.1. The van der Waals surface area contributed by atoms with Crippen LogP contribution in [0.15, 0.2) is 53.4 Å². The monoisotopic (exact) mass is 476 g/mol. The first kappa shape index (κ1) is 21.9. The molecule has 32 heavy (non-hydrogen) atoms. The van der Waals surface area contributed by atoms with E-state index in [2.05, 4.69) is 20.6 Å². The Kier molecular flexibility index (Phi) is 5.94. The molecule has 0 saturated heterocycles. The number of halogens is 3. The molecule has 2 N–H and O–H groups in total. The van der Waals surface area contributed by atoms with Gasteiger partial charge < -0.3 is 10.6 Å². The van der Waals surface area contributed by atoms with E-state index in [9.17, 15) is 22.8 Å². The van der Waals surface area contributed by atoms with Crippen LogP contribution in [0.4, 0.5) is 24.0 Å². The number of anilines is 2. The molecule has 11 heteroatoms. The van der Waals surface area contributed by atoms with Gasteiger partial charge in [-0.25, -0.2) is 9.97 Å². The predicted molar refractivity (Wildman–Crippen MR) is 118 cm³/mol. The Labute approximate surface area is 188 Å². The van der Waals surface area contributed by atoms with Gasteiger partial charge in [-0.05, 0) is 36.8 Å². The summed E-state index contributed by atoms with van der Waals surface area (Å²) >= 11 is 2.51. The van der Waals surface area contributed by atoms with Crippen LogP contribution in [0.25, 0.3) is 10.2 Å². The Balaban J connectivity index is 1.48. The number of nitrogens with zero attached hydrogens (tertiary/aromatic N) is 2. The number of hydrogen-bond acceptors (Lipinski definition) is 6. The minimum atomic E-state index is -4.48. The number of nitrogens with one attached hydrogen (secondary N) is 2. The highest BCUT2D eigenvalue weighted by Gasteiger charge is 2.31. The summed E-state index contributed by atoms with van der Waals surface area (Å²) in [5, 5.41) is 7.36. The molecule has 2 heterocycles. The second kappa shape index (κ2) is 8.67. The highest BCUT2D eigenvalue weighted by atomic mass is 32.1. The molecule has 0 aliphatic rings. The summed E-state index contributed by atoms with van der Waals surface area (Å²) in [6.45, 7) is 1.53. The first-order valence-corrected chi connectivity index (χ1v) is 11.0. The molecule has 0 unspecified atom stereocenters. The fraction of sp³-hybridized carbons (Fsp3) is 0.143. The fourth-order valence-corrected chi connectivity index (χ4v) is 4.37. The van der Waals surface area contributed by atoms with Crippen molar-refractivity contribution in [3.05, 3.63) is 70.2 Å². The van der Waals surface area contributed by atoms with Crippen LogP contribution in [0.1, 0.15) is 34.5 Å². The van der Waals surface area contributed by atoms with E-state index in [4.69, 9.17) is 0 Å². The van der Waals surface area contributed by atoms with Crippen molar-refractivity contribution in [2.75, 3.05) is 10.6 Å². The number of benzene rings is 2. The lowest BCUT2D eigenvalue weighted by atomic mass is 9.98. The number of aromatic nitrogens is 2. The van der Waals surface area contributed by atoms with Crippen LogP contribution in [0.2, 0.25) is 0 Å². The molecule has 0 fully saturated rings. The van der Waals surface area contributed by atoms with Gasteiger partial charge in [0.2, 0.25) is 5.91 Å². The molecular weight excluding hydrogens is 461 g/mol. The van der Waals surface area contributed by atoms with Crippen molar-refractivity contribution in [2.24, 2.45) is 0 Å². The summed E-state index contributed by atoms with van der Waals surface area (Å²) in [6.07, 6.45) is -4.48. The molecule has 4 aromatic rings. The van der Waals surface area contributed by atoms with E-state index in [0.717, 1.165) is 16.8 Å². The Morgan fingerprint density at radius 2 is 1.91 bits per heavy atom. The zero-order chi connectivity index (χ0) is 22.9. The van der Waals surface area contributed by atoms with E-state index in [-0.39, 0.29) is 11.5 Å². The van der Waals surface area contributed by atoms with Crippen molar-refractivity contribution in [3.63, 3.8) is 0 Å². The van der Waals surface area contributed by atoms with Crippen molar-refractivity contribution >= 4 is 55.5 Å². The predicted octanol–water partition coefficient (Wildman–Crippen LogP) is 5.77. The number of fused-ring (bicyclic) bond motifs is 1. The molecular formula is C21H15F3N4O2S2. The molecule has 0 radical (unpaired) electrons. The van der Waals surface area contributed by atoms with Crippen LogP contribution in [0.3, 0.4) is 0 Å². The zero-order valence-corrected chi connectivity index (χ0v) is 18.1. The quantitative estimate of drug-likeness (QED) is 0.383. The van der Waals surface area contributed by atoms with Gasteiger partial charge >= 0.3 is 6.18 Å². The van der Waals surface area contributed by atoms with E-state index < -0.39 is 23.6 Å². The normalized spacial score (nSPS) is 12.5. The van der Waals surface area contributed by atoms with Gasteiger partial charge in [0.15, 0.2) is 5.13 Å². The van der Waals surface area contributed by atoms with Crippen LogP contribution in [-0.2, 0) is 11.0 Å². The third-order valence-corrected chi connectivity index (χ3v) is 6.17. The Hall–Kier alpha value is -3.31. The summed E-state index contributed by atoms with van der Waals surface area (Å²) in [7, 11) is 0. The molecule has 0 bridgehead atoms. The first-order valence-electron chi connectivity index (χ1n) is 9.29. The molecule has 0 spiro atoms. The van der Waals surface area contributed by atoms with Gasteiger partial charge in [-0.2, -0.15) is 13.2 Å². The van der Waals surface area contributed by atoms with Crippen molar-refractivity contribution in [3.8, 4) is 0 Å². The van der Waals surface area contributed by atoms with Crippen LogP contribution < -0.4 is 10.6 Å². The largest absolute Gasteiger partial charge is 0.416 e. The van der Waals surface area contributed by atoms with Gasteiger partial charge in [-0.15, -0.1) is 11.3 Å². The van der Waals surface area contributed by atoms with E-state index in [0.29, 0.717) is 22.0 Å². The second-order valence-corrected chi connectivity index (χ2v) is 8.61. The van der Waals surface area contributed by atoms with Crippen molar-refractivity contribution in [1.82, 2.24) is 9.97 Å². The summed E-state index contributed by atoms with van der Waals surface area (Å²) in [6, 6.07) is 9.81. The summed E-state index contributed by atoms with van der Waals surface area (Å²) in [5.74, 6) is -1.61. The SMILES string of the molecule is C[C@@H](C(=O)Nc1nc2ccc(NC(=O)c3cscn3)cc2s1)c1cccc(C(F)(F)F)c1. The third kappa shape index (κ3) is 4.78. The number of amides is 2. The fourth-order valence-electron chi connectivity index (χ4n) is 2.92. The smallest absolute Gasteiger partial charge is 0.321 e. The second-order valence-electron chi connectivity index (χ2n) is 6.86. The minimum absolute atomic E-state index is 0.255. The zero-order valence-electron chi connectivity index (χ0n) is 16.4. The lowest BCUT2D eigenvalue weighted by Crippen LogP contribution is -2.19. The molecule has 2 aromatic heterocycles. The maximum atomic E-state index is 13.0. The number of alkyl halides is 3. The average molecular weight is 477 g/mol. The van der Waals surface area contributed by atoms with Crippen LogP contribution in [0.5, 0.6) is 0 Å². The van der Waals surface area contributed by atoms with Gasteiger partial charge in [-0.1, -0.05) is 29.5 Å². The topological polar surface area (TPSA) is 84.0 Å². The summed E-state index contributed by atoms with van der Waals surface area (Å²) in [5.41, 5.74) is 2.50. The Morgan fingerprint density at radius 1 is 1.09 bits per heavy atom. The third-order valence-electron chi connectivity index (χ3n) is 4.65. The van der Waals surface area contributed by atoms with Crippen molar-refractivity contribution in [1.29, 1.82) is 0 Å². The molecule has 6 nitrogen and oxygen atoms in total. The molecule has 0 aliphatic carbocycles. The van der Waals surface area contributed by atoms with E-state index >= 15 is 0 Å². The maximum Gasteiger partial charge on any atom is 0.416 e. The van der Waals surface area contributed by atoms with E-state index in [1.54, 1.807) is 29.1 Å². The molecule has 0 aliphatic heterocycles. The highest BCUT2D eigenvalue weighted by Crippen LogP contribution is 2.32. The standard InChI is InChI=1S/C21H15F3N4O2S2/c1-11(12-3-2-4-13(7-12)21(22,23)24)18(29)28-20-27-15-6-5-14(8-17(15)32-20)26-19(30)16-9-31-10-25-16/h2-11H,1H3,(H,26,30)(H,27,28,29)/t11-/m1/s1. The minimum Gasteiger partial charge on any atom is -0.321 e. The van der Waals surface area contributed by atoms with Gasteiger partial charge in [0, 0.05) is 11.1 Å². The number of thiazole rings is 2. The lowest BCUT2D eigenvalue weighted by Gasteiger charge is -2.13. The van der Waals surface area contributed by atoms with Crippen molar-refractivity contribution < 1.29 is 22.8 Å². The molecule has 164 valence electrons. The molecule has 0 saturated carbocycles. The van der Waals surface area contributed by atoms with Crippen molar-refractivity contribution in [2.45, 2.75) is 19.0 Å². The molecule has 2 amide bonds.